The van der Waals surface area contributed by atoms with Crippen molar-refractivity contribution in [3.05, 3.63) is 92.0 Å². The molecule has 1 aliphatic heterocycles. The summed E-state index contributed by atoms with van der Waals surface area (Å²) in [6.07, 6.45) is 4.39. The van der Waals surface area contributed by atoms with Gasteiger partial charge in [0.25, 0.3) is 29.1 Å². The van der Waals surface area contributed by atoms with E-state index in [4.69, 9.17) is 0 Å². The Morgan fingerprint density at radius 2 is 1.48 bits per heavy atom. The van der Waals surface area contributed by atoms with Gasteiger partial charge < -0.3 is 0 Å². The van der Waals surface area contributed by atoms with Crippen molar-refractivity contribution >= 4 is 29.1 Å². The molecule has 1 heterocycles. The zero-order valence-electron chi connectivity index (χ0n) is 17.2. The Labute approximate surface area is 187 Å². The summed E-state index contributed by atoms with van der Waals surface area (Å²) in [7, 11) is 0. The number of non-ortho nitro benzene ring substituents is 2. The second kappa shape index (κ2) is 8.61. The molecule has 11 heteroatoms. The summed E-state index contributed by atoms with van der Waals surface area (Å²) >= 11 is 0. The van der Waals surface area contributed by atoms with E-state index in [1.54, 1.807) is 0 Å². The molecule has 0 saturated carbocycles. The highest BCUT2D eigenvalue weighted by Crippen LogP contribution is 2.36. The number of carbonyl (C=O) groups is 3. The van der Waals surface area contributed by atoms with Crippen molar-refractivity contribution in [3.8, 4) is 0 Å². The highest BCUT2D eigenvalue weighted by atomic mass is 16.6. The third-order valence-corrected chi connectivity index (χ3v) is 5.74. The van der Waals surface area contributed by atoms with Crippen LogP contribution in [0.1, 0.15) is 28.8 Å². The van der Waals surface area contributed by atoms with E-state index in [2.05, 4.69) is 0 Å². The quantitative estimate of drug-likeness (QED) is 0.285. The number of hydrogen-bond donors (Lipinski definition) is 0. The van der Waals surface area contributed by atoms with Crippen LogP contribution >= 0.6 is 0 Å². The molecule has 1 fully saturated rings. The summed E-state index contributed by atoms with van der Waals surface area (Å²) in [5, 5.41) is 23.9. The summed E-state index contributed by atoms with van der Waals surface area (Å²) in [4.78, 5) is 60.5. The molecule has 2 atom stereocenters. The fraction of sp³-hybridized carbons (Fsp3) is 0.227. The molecule has 2 aromatic rings. The second-order valence-electron chi connectivity index (χ2n) is 7.74. The average Bonchev–Trinajstić information content (AvgIpc) is 3.07. The standard InChI is InChI=1S/C22H18N4O7/c27-20(15-4-3-5-17(12-15)26(32)33)23(13-14-8-10-16(11-9-14)25(30)31)24-21(28)18-6-1-2-7-19(18)22(24)29/h1-5,8-12,18-19H,6-7,13H2/t18-,19+. The van der Waals surface area contributed by atoms with Gasteiger partial charge in [-0.05, 0) is 24.5 Å². The predicted octanol–water partition coefficient (Wildman–Crippen LogP) is 3.01. The van der Waals surface area contributed by atoms with Gasteiger partial charge in [-0.25, -0.2) is 5.01 Å². The number of benzene rings is 2. The second-order valence-corrected chi connectivity index (χ2v) is 7.74. The van der Waals surface area contributed by atoms with Crippen LogP contribution in [0.25, 0.3) is 0 Å². The van der Waals surface area contributed by atoms with Crippen LogP contribution in [0.4, 0.5) is 11.4 Å². The minimum Gasteiger partial charge on any atom is -0.272 e. The van der Waals surface area contributed by atoms with Crippen molar-refractivity contribution in [3.63, 3.8) is 0 Å². The fourth-order valence-corrected chi connectivity index (χ4v) is 4.05. The molecule has 0 spiro atoms. The van der Waals surface area contributed by atoms with Crippen molar-refractivity contribution < 1.29 is 24.2 Å². The van der Waals surface area contributed by atoms with Gasteiger partial charge in [-0.1, -0.05) is 30.4 Å². The van der Waals surface area contributed by atoms with E-state index in [1.165, 1.54) is 42.5 Å². The van der Waals surface area contributed by atoms with Crippen molar-refractivity contribution in [2.24, 2.45) is 11.8 Å². The zero-order chi connectivity index (χ0) is 23.7. The van der Waals surface area contributed by atoms with Gasteiger partial charge in [0.15, 0.2) is 0 Å². The molecule has 0 bridgehead atoms. The molecular weight excluding hydrogens is 432 g/mol. The van der Waals surface area contributed by atoms with Gasteiger partial charge in [-0.3, -0.25) is 34.6 Å². The molecule has 0 unspecified atom stereocenters. The van der Waals surface area contributed by atoms with Gasteiger partial charge in [0.2, 0.25) is 0 Å². The van der Waals surface area contributed by atoms with E-state index in [0.29, 0.717) is 18.4 Å². The number of allylic oxidation sites excluding steroid dienone is 2. The maximum Gasteiger partial charge on any atom is 0.273 e. The number of hydrogen-bond acceptors (Lipinski definition) is 7. The van der Waals surface area contributed by atoms with Crippen LogP contribution in [0.2, 0.25) is 0 Å². The summed E-state index contributed by atoms with van der Waals surface area (Å²) in [6.45, 7) is -0.232. The summed E-state index contributed by atoms with van der Waals surface area (Å²) in [5.74, 6) is -2.98. The highest BCUT2D eigenvalue weighted by molar-refractivity contribution is 6.08. The van der Waals surface area contributed by atoms with Gasteiger partial charge >= 0.3 is 0 Å². The van der Waals surface area contributed by atoms with Crippen LogP contribution in [0.5, 0.6) is 0 Å². The number of nitrogens with zero attached hydrogens (tertiary/aromatic N) is 4. The number of rotatable bonds is 6. The number of nitro groups is 2. The van der Waals surface area contributed by atoms with E-state index in [0.717, 1.165) is 16.1 Å². The lowest BCUT2D eigenvalue weighted by molar-refractivity contribution is -0.385. The average molecular weight is 450 g/mol. The lowest BCUT2D eigenvalue weighted by Crippen LogP contribution is -2.49. The van der Waals surface area contributed by atoms with Gasteiger partial charge in [-0.15, -0.1) is 0 Å². The van der Waals surface area contributed by atoms with Crippen molar-refractivity contribution in [1.82, 2.24) is 10.0 Å². The molecule has 0 N–H and O–H groups in total. The topological polar surface area (TPSA) is 144 Å². The van der Waals surface area contributed by atoms with Crippen LogP contribution in [0.3, 0.4) is 0 Å². The Morgan fingerprint density at radius 3 is 2.03 bits per heavy atom. The highest BCUT2D eigenvalue weighted by Gasteiger charge is 2.50. The maximum atomic E-state index is 13.4. The fourth-order valence-electron chi connectivity index (χ4n) is 4.05. The van der Waals surface area contributed by atoms with Crippen LogP contribution < -0.4 is 0 Å². The molecular formula is C22H18N4O7. The van der Waals surface area contributed by atoms with E-state index >= 15 is 0 Å². The van der Waals surface area contributed by atoms with Gasteiger partial charge in [0.1, 0.15) is 0 Å². The first-order chi connectivity index (χ1) is 15.8. The molecule has 0 aromatic heterocycles. The van der Waals surface area contributed by atoms with E-state index in [-0.39, 0.29) is 23.5 Å². The molecule has 1 saturated heterocycles. The Bertz CT molecular complexity index is 1170. The predicted molar refractivity (Wildman–Crippen MR) is 113 cm³/mol. The lowest BCUT2D eigenvalue weighted by Gasteiger charge is -2.30. The first-order valence-corrected chi connectivity index (χ1v) is 10.1. The smallest absolute Gasteiger partial charge is 0.272 e. The van der Waals surface area contributed by atoms with Crippen molar-refractivity contribution in [2.75, 3.05) is 0 Å². The summed E-state index contributed by atoms with van der Waals surface area (Å²) < 4.78 is 0. The molecule has 2 aromatic carbocycles. The van der Waals surface area contributed by atoms with Crippen LogP contribution in [-0.2, 0) is 16.1 Å². The van der Waals surface area contributed by atoms with E-state index < -0.39 is 39.4 Å². The first kappa shape index (κ1) is 21.8. The number of fused-ring (bicyclic) bond motifs is 1. The largest absolute Gasteiger partial charge is 0.273 e. The van der Waals surface area contributed by atoms with Gasteiger partial charge in [-0.2, -0.15) is 5.01 Å². The minimum atomic E-state index is -0.773. The molecule has 0 radical (unpaired) electrons. The number of amides is 3. The SMILES string of the molecule is O=C(c1cccc([N+](=O)[O-])c1)N(Cc1ccc([N+](=O)[O-])cc1)N1C(=O)[C@H]2CC=CC[C@H]2C1=O. The Balaban J connectivity index is 1.72. The molecule has 1 aliphatic carbocycles. The number of carbonyl (C=O) groups excluding carboxylic acids is 3. The number of nitro benzene ring substituents is 2. The number of hydrazine groups is 1. The van der Waals surface area contributed by atoms with Crippen molar-refractivity contribution in [1.29, 1.82) is 0 Å². The van der Waals surface area contributed by atoms with E-state index in [1.807, 2.05) is 12.2 Å². The van der Waals surface area contributed by atoms with Crippen LogP contribution in [0, 0.1) is 32.1 Å². The normalized spacial score (nSPS) is 19.3. The minimum absolute atomic E-state index is 0.0697. The van der Waals surface area contributed by atoms with Gasteiger partial charge in [0, 0.05) is 29.8 Å². The Hall–Kier alpha value is -4.41. The zero-order valence-corrected chi connectivity index (χ0v) is 17.2. The first-order valence-electron chi connectivity index (χ1n) is 10.1. The lowest BCUT2D eigenvalue weighted by atomic mass is 9.85. The van der Waals surface area contributed by atoms with E-state index in [9.17, 15) is 34.6 Å². The Morgan fingerprint density at radius 1 is 0.909 bits per heavy atom. The maximum absolute atomic E-state index is 13.4. The third kappa shape index (κ3) is 4.07. The summed E-state index contributed by atoms with van der Waals surface area (Å²) in [6, 6.07) is 10.3. The van der Waals surface area contributed by atoms with Crippen molar-refractivity contribution in [2.45, 2.75) is 19.4 Å². The summed E-state index contributed by atoms with van der Waals surface area (Å²) in [5.41, 5.74) is -0.0958. The van der Waals surface area contributed by atoms with Gasteiger partial charge in [0.05, 0.1) is 28.2 Å². The third-order valence-electron chi connectivity index (χ3n) is 5.74. The van der Waals surface area contributed by atoms with Crippen LogP contribution in [0.15, 0.2) is 60.7 Å². The Kier molecular flexibility index (Phi) is 5.69. The molecule has 11 nitrogen and oxygen atoms in total. The molecule has 2 aliphatic rings. The van der Waals surface area contributed by atoms with Crippen LogP contribution in [-0.4, -0.2) is 37.6 Å². The molecule has 33 heavy (non-hydrogen) atoms. The molecule has 4 rings (SSSR count). The monoisotopic (exact) mass is 450 g/mol. The molecule has 3 amide bonds. The number of imide groups is 1. The molecule has 168 valence electrons.